The average molecular weight is 218 g/mol. The van der Waals surface area contributed by atoms with Crippen LogP contribution in [0.1, 0.15) is 29.0 Å². The lowest BCUT2D eigenvalue weighted by Gasteiger charge is -2.32. The lowest BCUT2D eigenvalue weighted by molar-refractivity contribution is 0.331. The van der Waals surface area contributed by atoms with Gasteiger partial charge in [-0.1, -0.05) is 29.3 Å². The van der Waals surface area contributed by atoms with Crippen molar-refractivity contribution in [3.8, 4) is 0 Å². The molecule has 0 aliphatic carbocycles. The number of benzene rings is 1. The maximum atomic E-state index is 5.88. The molecule has 1 aliphatic rings. The number of piperidine rings is 1. The Bertz CT molecular complexity index is 340. The summed E-state index contributed by atoms with van der Waals surface area (Å²) in [6.07, 6.45) is 1.20. The number of nitrogens with one attached hydrogen (secondary N) is 1. The highest BCUT2D eigenvalue weighted by molar-refractivity contribution is 5.32. The third-order valence-corrected chi connectivity index (χ3v) is 3.60. The fraction of sp³-hybridized carbons (Fsp3) is 0.571. The Hall–Kier alpha value is -0.860. The molecule has 2 unspecified atom stereocenters. The van der Waals surface area contributed by atoms with Gasteiger partial charge in [-0.2, -0.15) is 0 Å². The number of nitrogens with two attached hydrogens (primary N) is 1. The van der Waals surface area contributed by atoms with E-state index in [0.29, 0.717) is 11.8 Å². The number of aryl methyl sites for hydroxylation is 2. The van der Waals surface area contributed by atoms with E-state index in [-0.39, 0.29) is 0 Å². The Kier molecular flexibility index (Phi) is 3.62. The number of hydrogen-bond donors (Lipinski definition) is 2. The van der Waals surface area contributed by atoms with Crippen LogP contribution < -0.4 is 11.1 Å². The molecule has 1 aromatic carbocycles. The quantitative estimate of drug-likeness (QED) is 0.796. The van der Waals surface area contributed by atoms with Crippen molar-refractivity contribution >= 4 is 0 Å². The van der Waals surface area contributed by atoms with Crippen molar-refractivity contribution in [2.45, 2.75) is 26.2 Å². The Balaban J connectivity index is 2.26. The molecule has 0 spiro atoms. The maximum Gasteiger partial charge on any atom is 0.00233 e. The summed E-state index contributed by atoms with van der Waals surface area (Å²) in [5, 5.41) is 3.48. The topological polar surface area (TPSA) is 38.0 Å². The van der Waals surface area contributed by atoms with Gasteiger partial charge in [0.25, 0.3) is 0 Å². The van der Waals surface area contributed by atoms with E-state index >= 15 is 0 Å². The minimum atomic E-state index is 0.595. The monoisotopic (exact) mass is 218 g/mol. The van der Waals surface area contributed by atoms with Crippen molar-refractivity contribution in [3.05, 3.63) is 34.9 Å². The van der Waals surface area contributed by atoms with Crippen LogP contribution >= 0.6 is 0 Å². The third kappa shape index (κ3) is 2.45. The van der Waals surface area contributed by atoms with Gasteiger partial charge in [0.1, 0.15) is 0 Å². The first-order valence-corrected chi connectivity index (χ1v) is 6.19. The first-order chi connectivity index (χ1) is 7.70. The Morgan fingerprint density at radius 1 is 1.25 bits per heavy atom. The predicted octanol–water partition coefficient (Wildman–Crippen LogP) is 1.96. The smallest absolute Gasteiger partial charge is 0.00233 e. The predicted molar refractivity (Wildman–Crippen MR) is 68.7 cm³/mol. The van der Waals surface area contributed by atoms with Crippen molar-refractivity contribution in [1.82, 2.24) is 5.32 Å². The van der Waals surface area contributed by atoms with Gasteiger partial charge in [0.15, 0.2) is 0 Å². The molecule has 3 N–H and O–H groups in total. The second-order valence-electron chi connectivity index (χ2n) is 5.02. The summed E-state index contributed by atoms with van der Waals surface area (Å²) in [4.78, 5) is 0. The van der Waals surface area contributed by atoms with Gasteiger partial charge >= 0.3 is 0 Å². The normalized spacial score (nSPS) is 25.7. The molecular weight excluding hydrogens is 196 g/mol. The van der Waals surface area contributed by atoms with E-state index in [1.165, 1.54) is 23.1 Å². The van der Waals surface area contributed by atoms with Gasteiger partial charge in [0, 0.05) is 12.5 Å². The average Bonchev–Trinajstić information content (AvgIpc) is 2.27. The molecule has 2 rings (SSSR count). The van der Waals surface area contributed by atoms with Crippen LogP contribution in [0.2, 0.25) is 0 Å². The molecule has 2 nitrogen and oxygen atoms in total. The minimum Gasteiger partial charge on any atom is -0.330 e. The zero-order chi connectivity index (χ0) is 11.5. The summed E-state index contributed by atoms with van der Waals surface area (Å²) < 4.78 is 0. The second-order valence-corrected chi connectivity index (χ2v) is 5.02. The summed E-state index contributed by atoms with van der Waals surface area (Å²) >= 11 is 0. The summed E-state index contributed by atoms with van der Waals surface area (Å²) in [6.45, 7) is 7.33. The summed E-state index contributed by atoms with van der Waals surface area (Å²) in [6, 6.07) is 6.86. The SMILES string of the molecule is Cc1cc(C)cc(C2CNCCC2CN)c1. The summed E-state index contributed by atoms with van der Waals surface area (Å²) in [5.74, 6) is 1.24. The van der Waals surface area contributed by atoms with Crippen LogP contribution in [0.4, 0.5) is 0 Å². The van der Waals surface area contributed by atoms with Crippen molar-refractivity contribution < 1.29 is 0 Å². The zero-order valence-corrected chi connectivity index (χ0v) is 10.3. The lowest BCUT2D eigenvalue weighted by atomic mass is 9.80. The van der Waals surface area contributed by atoms with Crippen molar-refractivity contribution in [2.24, 2.45) is 11.7 Å². The van der Waals surface area contributed by atoms with Crippen molar-refractivity contribution in [1.29, 1.82) is 0 Å². The molecule has 1 saturated heterocycles. The molecule has 1 heterocycles. The fourth-order valence-corrected chi connectivity index (χ4v) is 2.81. The van der Waals surface area contributed by atoms with Gasteiger partial charge in [-0.15, -0.1) is 0 Å². The van der Waals surface area contributed by atoms with E-state index in [2.05, 4.69) is 37.4 Å². The van der Waals surface area contributed by atoms with Crippen molar-refractivity contribution in [2.75, 3.05) is 19.6 Å². The molecule has 2 atom stereocenters. The van der Waals surface area contributed by atoms with Crippen molar-refractivity contribution in [3.63, 3.8) is 0 Å². The highest BCUT2D eigenvalue weighted by Crippen LogP contribution is 2.29. The molecule has 0 aromatic heterocycles. The van der Waals surface area contributed by atoms with E-state index in [9.17, 15) is 0 Å². The lowest BCUT2D eigenvalue weighted by Crippen LogP contribution is -2.38. The molecule has 2 heteroatoms. The molecule has 0 radical (unpaired) electrons. The van der Waals surface area contributed by atoms with E-state index in [4.69, 9.17) is 5.73 Å². The Morgan fingerprint density at radius 2 is 1.94 bits per heavy atom. The first-order valence-electron chi connectivity index (χ1n) is 6.19. The number of hydrogen-bond acceptors (Lipinski definition) is 2. The van der Waals surface area contributed by atoms with Gasteiger partial charge in [-0.3, -0.25) is 0 Å². The van der Waals surface area contributed by atoms with Crippen LogP contribution in [0.15, 0.2) is 18.2 Å². The fourth-order valence-electron chi connectivity index (χ4n) is 2.81. The van der Waals surface area contributed by atoms with E-state index in [1.807, 2.05) is 0 Å². The Morgan fingerprint density at radius 3 is 2.56 bits per heavy atom. The molecule has 0 bridgehead atoms. The van der Waals surface area contributed by atoms with Gasteiger partial charge in [0.2, 0.25) is 0 Å². The summed E-state index contributed by atoms with van der Waals surface area (Å²) in [7, 11) is 0. The number of rotatable bonds is 2. The van der Waals surface area contributed by atoms with Gasteiger partial charge in [-0.25, -0.2) is 0 Å². The molecule has 88 valence electrons. The first kappa shape index (κ1) is 11.6. The highest BCUT2D eigenvalue weighted by Gasteiger charge is 2.25. The van der Waals surface area contributed by atoms with E-state index < -0.39 is 0 Å². The maximum absolute atomic E-state index is 5.88. The molecule has 1 aliphatic heterocycles. The van der Waals surface area contributed by atoms with Crippen LogP contribution in [-0.2, 0) is 0 Å². The molecule has 0 amide bonds. The van der Waals surface area contributed by atoms with Gasteiger partial charge < -0.3 is 11.1 Å². The molecule has 1 aromatic rings. The van der Waals surface area contributed by atoms with Crippen LogP contribution in [0.25, 0.3) is 0 Å². The second kappa shape index (κ2) is 4.98. The summed E-state index contributed by atoms with van der Waals surface area (Å²) in [5.41, 5.74) is 10.1. The third-order valence-electron chi connectivity index (χ3n) is 3.60. The standard InChI is InChI=1S/C14H22N2/c1-10-5-11(2)7-13(6-10)14-9-16-4-3-12(14)8-15/h5-7,12,14,16H,3-4,8-9,15H2,1-2H3. The molecular formula is C14H22N2. The van der Waals surface area contributed by atoms with Crippen LogP contribution in [0, 0.1) is 19.8 Å². The molecule has 16 heavy (non-hydrogen) atoms. The minimum absolute atomic E-state index is 0.595. The highest BCUT2D eigenvalue weighted by atomic mass is 14.9. The van der Waals surface area contributed by atoms with E-state index in [1.54, 1.807) is 0 Å². The Labute approximate surface area is 98.2 Å². The van der Waals surface area contributed by atoms with Crippen LogP contribution in [0.5, 0.6) is 0 Å². The molecule has 1 fully saturated rings. The van der Waals surface area contributed by atoms with Crippen LogP contribution in [-0.4, -0.2) is 19.6 Å². The van der Waals surface area contributed by atoms with E-state index in [0.717, 1.165) is 19.6 Å². The van der Waals surface area contributed by atoms with Crippen LogP contribution in [0.3, 0.4) is 0 Å². The van der Waals surface area contributed by atoms with Gasteiger partial charge in [0.05, 0.1) is 0 Å². The van der Waals surface area contributed by atoms with Gasteiger partial charge in [-0.05, 0) is 44.8 Å². The zero-order valence-electron chi connectivity index (χ0n) is 10.3. The molecule has 0 saturated carbocycles. The largest absolute Gasteiger partial charge is 0.330 e.